The van der Waals surface area contributed by atoms with Crippen molar-refractivity contribution in [1.82, 2.24) is 0 Å². The molecule has 0 rings (SSSR count). The van der Waals surface area contributed by atoms with Crippen molar-refractivity contribution in [1.29, 1.82) is 0 Å². The molecule has 0 aliphatic heterocycles. The minimum atomic E-state index is -2.35. The van der Waals surface area contributed by atoms with E-state index in [1.807, 2.05) is 0 Å². The van der Waals surface area contributed by atoms with Crippen molar-refractivity contribution in [2.45, 2.75) is 74.5 Å². The molecule has 1 atom stereocenters. The van der Waals surface area contributed by atoms with Crippen LogP contribution in [-0.4, -0.2) is 42.4 Å². The average molecular weight is 323 g/mol. The lowest BCUT2D eigenvalue weighted by molar-refractivity contribution is 0.343. The fourth-order valence-corrected chi connectivity index (χ4v) is 4.06. The van der Waals surface area contributed by atoms with Crippen LogP contribution in [0.2, 0.25) is 21.1 Å². The summed E-state index contributed by atoms with van der Waals surface area (Å²) in [7, 11) is -1.18. The first kappa shape index (κ1) is 25.1. The van der Waals surface area contributed by atoms with Gasteiger partial charge in [0.15, 0.2) is 0 Å². The normalized spacial score (nSPS) is 9.47. The van der Waals surface area contributed by atoms with Gasteiger partial charge in [0.1, 0.15) is 0 Å². The molecule has 114 valence electrons. The lowest BCUT2D eigenvalue weighted by Gasteiger charge is -1.86. The summed E-state index contributed by atoms with van der Waals surface area (Å²) in [5.41, 5.74) is 0. The molecule has 1 N–H and O–H groups in total. The summed E-state index contributed by atoms with van der Waals surface area (Å²) in [5.74, 6) is 0. The molecule has 0 saturated carbocycles. The van der Waals surface area contributed by atoms with Gasteiger partial charge in [0, 0.05) is 4.57 Å². The minimum absolute atomic E-state index is 0.411. The van der Waals surface area contributed by atoms with Gasteiger partial charge in [0.05, 0.1) is 7.11 Å². The van der Waals surface area contributed by atoms with Crippen LogP contribution in [0.3, 0.4) is 0 Å². The molecule has 0 aromatic carbocycles. The largest absolute Gasteiger partial charge is 0.694 e. The quantitative estimate of drug-likeness (QED) is 0.387. The second-order valence-electron chi connectivity index (χ2n) is 4.54. The van der Waals surface area contributed by atoms with Gasteiger partial charge in [-0.1, -0.05) is 74.5 Å². The van der Waals surface area contributed by atoms with Gasteiger partial charge in [-0.15, -0.1) is 9.42 Å². The van der Waals surface area contributed by atoms with E-state index in [4.69, 9.17) is 4.89 Å². The summed E-state index contributed by atoms with van der Waals surface area (Å²) in [4.78, 5) is 7.65. The Morgan fingerprint density at radius 2 is 1.05 bits per heavy atom. The zero-order chi connectivity index (χ0) is 15.4. The summed E-state index contributed by atoms with van der Waals surface area (Å²) in [5, 5.41) is 6.25. The van der Waals surface area contributed by atoms with Gasteiger partial charge in [0.25, 0.3) is 0 Å². The molecule has 0 radical (unpaired) electrons. The fourth-order valence-electron chi connectivity index (χ4n) is 1.35. The number of hydrogen-bond donors (Lipinski definition) is 1. The molecule has 1 unspecified atom stereocenters. The topological polar surface area (TPSA) is 46.5 Å². The Kier molecular flexibility index (Phi) is 36.2. The van der Waals surface area contributed by atoms with Crippen molar-refractivity contribution >= 4 is 38.7 Å². The second kappa shape index (κ2) is 27.4. The first-order valence-corrected chi connectivity index (χ1v) is 12.9. The highest BCUT2D eigenvalue weighted by atomic mass is 31.1. The predicted octanol–water partition coefficient (Wildman–Crippen LogP) is 4.44. The van der Waals surface area contributed by atoms with Crippen LogP contribution in [0.15, 0.2) is 0 Å². The maximum Gasteiger partial charge on any atom is 0.694 e. The molecule has 0 aromatic rings. The molecule has 19 heavy (non-hydrogen) atoms. The van der Waals surface area contributed by atoms with Crippen LogP contribution in [0.5, 0.6) is 0 Å². The Labute approximate surface area is 134 Å². The Morgan fingerprint density at radius 3 is 1.16 bits per heavy atom. The van der Waals surface area contributed by atoms with E-state index in [2.05, 4.69) is 32.2 Å². The molecule has 0 heterocycles. The van der Waals surface area contributed by atoms with E-state index in [0.717, 1.165) is 0 Å². The first-order valence-electron chi connectivity index (χ1n) is 7.80. The maximum atomic E-state index is 9.29. The van der Waals surface area contributed by atoms with Crippen molar-refractivity contribution in [3.8, 4) is 0 Å². The van der Waals surface area contributed by atoms with Gasteiger partial charge in [-0.25, -0.2) is 0 Å². The molecule has 6 heteroatoms. The third kappa shape index (κ3) is 45.3. The van der Waals surface area contributed by atoms with E-state index in [-0.39, 0.29) is 0 Å². The Morgan fingerprint density at radius 1 is 0.842 bits per heavy atom. The third-order valence-corrected chi connectivity index (χ3v) is 7.71. The van der Waals surface area contributed by atoms with Crippen LogP contribution in [0.4, 0.5) is 0 Å². The monoisotopic (exact) mass is 323 g/mol. The van der Waals surface area contributed by atoms with E-state index in [0.29, 0.717) is 30.4 Å². The Balaban J connectivity index is -0.000000206. The molecular formula is C13H34Al2O3P+. The molecule has 0 saturated heterocycles. The van der Waals surface area contributed by atoms with Gasteiger partial charge in [-0.2, -0.15) is 0 Å². The molecular weight excluding hydrogens is 289 g/mol. The van der Waals surface area contributed by atoms with E-state index in [1.54, 1.807) is 21.1 Å². The summed E-state index contributed by atoms with van der Waals surface area (Å²) in [6.07, 6.45) is 5.69. The van der Waals surface area contributed by atoms with Gasteiger partial charge >= 0.3 is 8.25 Å². The molecule has 0 aliphatic rings. The molecule has 0 bridgehead atoms. The molecule has 0 fully saturated rings. The molecule has 0 aromatic heterocycles. The number of rotatable bonds is 9. The highest BCUT2D eigenvalue weighted by Crippen LogP contribution is 2.09. The van der Waals surface area contributed by atoms with Gasteiger partial charge in [-0.05, 0) is 0 Å². The zero-order valence-corrected chi connectivity index (χ0v) is 17.5. The van der Waals surface area contributed by atoms with Gasteiger partial charge in [-0.3, -0.25) is 0 Å². The van der Waals surface area contributed by atoms with Crippen LogP contribution in [-0.2, 0) is 9.09 Å². The average Bonchev–Trinajstić information content (AvgIpc) is 2.41. The Bertz CT molecular complexity index is 143. The predicted molar refractivity (Wildman–Crippen MR) is 91.5 cm³/mol. The second-order valence-corrected chi connectivity index (χ2v) is 9.63. The van der Waals surface area contributed by atoms with Crippen LogP contribution < -0.4 is 0 Å². The summed E-state index contributed by atoms with van der Waals surface area (Å²) in [6.45, 7) is 9.12. The van der Waals surface area contributed by atoms with Crippen LogP contribution >= 0.6 is 8.25 Å². The molecule has 3 nitrogen and oxygen atoms in total. The highest BCUT2D eigenvalue weighted by molar-refractivity contribution is 7.32. The van der Waals surface area contributed by atoms with Crippen LogP contribution in [0.1, 0.15) is 53.4 Å². The first-order chi connectivity index (χ1) is 9.10. The van der Waals surface area contributed by atoms with Crippen molar-refractivity contribution < 1.29 is 14.0 Å². The van der Waals surface area contributed by atoms with E-state index >= 15 is 0 Å². The van der Waals surface area contributed by atoms with Crippen LogP contribution in [0, 0.1) is 0 Å². The van der Waals surface area contributed by atoms with Gasteiger partial charge < -0.3 is 0 Å². The summed E-state index contributed by atoms with van der Waals surface area (Å²) >= 11 is 0.823. The van der Waals surface area contributed by atoms with E-state index in [9.17, 15) is 4.57 Å². The zero-order valence-electron chi connectivity index (χ0n) is 13.8. The van der Waals surface area contributed by atoms with E-state index in [1.165, 1.54) is 32.8 Å². The van der Waals surface area contributed by atoms with Crippen molar-refractivity contribution in [3.63, 3.8) is 0 Å². The summed E-state index contributed by atoms with van der Waals surface area (Å²) in [6, 6.07) is 0. The maximum absolute atomic E-state index is 9.29. The lowest BCUT2D eigenvalue weighted by atomic mass is 10.6. The highest BCUT2D eigenvalue weighted by Gasteiger charge is 2.02. The lowest BCUT2D eigenvalue weighted by Crippen LogP contribution is -1.84. The van der Waals surface area contributed by atoms with Crippen molar-refractivity contribution in [2.24, 2.45) is 0 Å². The van der Waals surface area contributed by atoms with Gasteiger partial charge in [0.2, 0.25) is 30.4 Å². The number of hydrogen-bond acceptors (Lipinski definition) is 2. The molecule has 0 amide bonds. The van der Waals surface area contributed by atoms with Crippen molar-refractivity contribution in [3.05, 3.63) is 0 Å². The SMILES string of the molecule is CC[CH2][AlH][CH2]CC.CC[CH2][AlH][CH2]CC.CO[P+](=O)O. The van der Waals surface area contributed by atoms with Crippen molar-refractivity contribution in [2.75, 3.05) is 7.11 Å². The summed E-state index contributed by atoms with van der Waals surface area (Å²) < 4.78 is 13.1. The Hall–Kier alpha value is 1.08. The molecule has 0 aliphatic carbocycles. The van der Waals surface area contributed by atoms with E-state index < -0.39 is 8.25 Å². The fraction of sp³-hybridized carbons (Fsp3) is 1.00. The third-order valence-electron chi connectivity index (χ3n) is 2.57. The minimum Gasteiger partial charge on any atom is -0.133 e. The standard InChI is InChI=1S/4C3H7.CH3O3P.2Al.2H/c4*1-3-2;1-4-5(2)3;;;;/h4*1,3H2,2H3;1H3;;;;/p+1. The van der Waals surface area contributed by atoms with Crippen LogP contribution in [0.25, 0.3) is 0 Å². The molecule has 0 spiro atoms. The smallest absolute Gasteiger partial charge is 0.133 e.